The summed E-state index contributed by atoms with van der Waals surface area (Å²) in [5, 5.41) is 10.6. The van der Waals surface area contributed by atoms with E-state index in [-0.39, 0.29) is 12.3 Å². The summed E-state index contributed by atoms with van der Waals surface area (Å²) in [6, 6.07) is 3.83. The Morgan fingerprint density at radius 3 is 2.71 bits per heavy atom. The highest BCUT2D eigenvalue weighted by atomic mass is 32.1. The molecule has 0 saturated carbocycles. The minimum atomic E-state index is -0.866. The number of nitrogens with zero attached hydrogens (tertiary/aromatic N) is 1. The van der Waals surface area contributed by atoms with Gasteiger partial charge in [-0.15, -0.1) is 11.3 Å². The van der Waals surface area contributed by atoms with E-state index in [1.807, 2.05) is 24.4 Å². The average Bonchev–Trinajstić information content (AvgIpc) is 2.76. The third-order valence-electron chi connectivity index (χ3n) is 2.35. The van der Waals surface area contributed by atoms with Crippen molar-refractivity contribution in [3.63, 3.8) is 0 Å². The van der Waals surface area contributed by atoms with E-state index < -0.39 is 5.97 Å². The van der Waals surface area contributed by atoms with E-state index in [0.29, 0.717) is 19.5 Å². The molecular formula is C12H17NO3S. The summed E-state index contributed by atoms with van der Waals surface area (Å²) in [5.41, 5.74) is 0. The van der Waals surface area contributed by atoms with Crippen molar-refractivity contribution in [2.75, 3.05) is 13.1 Å². The quantitative estimate of drug-likeness (QED) is 0.810. The van der Waals surface area contributed by atoms with Gasteiger partial charge in [0.05, 0.1) is 12.8 Å². The molecule has 4 nitrogen and oxygen atoms in total. The van der Waals surface area contributed by atoms with Gasteiger partial charge in [-0.3, -0.25) is 9.59 Å². The highest BCUT2D eigenvalue weighted by molar-refractivity contribution is 7.10. The molecule has 0 atom stereocenters. The third-order valence-corrected chi connectivity index (χ3v) is 3.22. The van der Waals surface area contributed by atoms with Gasteiger partial charge in [0.25, 0.3) is 0 Å². The van der Waals surface area contributed by atoms with Crippen LogP contribution in [0.25, 0.3) is 0 Å². The van der Waals surface area contributed by atoms with Crippen LogP contribution in [0.15, 0.2) is 17.5 Å². The van der Waals surface area contributed by atoms with Crippen LogP contribution in [-0.4, -0.2) is 35.0 Å². The monoisotopic (exact) mass is 255 g/mol. The molecule has 0 unspecified atom stereocenters. The van der Waals surface area contributed by atoms with Gasteiger partial charge < -0.3 is 10.0 Å². The van der Waals surface area contributed by atoms with E-state index >= 15 is 0 Å². The molecule has 0 radical (unpaired) electrons. The van der Waals surface area contributed by atoms with E-state index in [4.69, 9.17) is 5.11 Å². The van der Waals surface area contributed by atoms with Crippen LogP contribution in [0.1, 0.15) is 24.6 Å². The summed E-state index contributed by atoms with van der Waals surface area (Å²) in [7, 11) is 0. The molecule has 1 rings (SSSR count). The number of aliphatic carboxylic acids is 1. The standard InChI is InChI=1S/C12H17NO3S/c1-2-6-13(7-5-12(15)16)11(14)9-10-4-3-8-17-10/h3-4,8H,2,5-7,9H2,1H3,(H,15,16). The molecule has 0 fully saturated rings. The molecule has 0 saturated heterocycles. The molecule has 5 heteroatoms. The third kappa shape index (κ3) is 4.99. The fourth-order valence-electron chi connectivity index (χ4n) is 1.54. The molecule has 0 aliphatic carbocycles. The SMILES string of the molecule is CCCN(CCC(=O)O)C(=O)Cc1cccs1. The van der Waals surface area contributed by atoms with Gasteiger partial charge >= 0.3 is 5.97 Å². The maximum Gasteiger partial charge on any atom is 0.305 e. The number of rotatable bonds is 7. The molecule has 0 aliphatic heterocycles. The maximum absolute atomic E-state index is 12.0. The maximum atomic E-state index is 12.0. The zero-order valence-electron chi connectivity index (χ0n) is 9.89. The fraction of sp³-hybridized carbons (Fsp3) is 0.500. The number of carbonyl (C=O) groups excluding carboxylic acids is 1. The van der Waals surface area contributed by atoms with Crippen LogP contribution in [0, 0.1) is 0 Å². The van der Waals surface area contributed by atoms with Crippen LogP contribution in [0.4, 0.5) is 0 Å². The molecule has 1 heterocycles. The van der Waals surface area contributed by atoms with Crippen LogP contribution in [0.2, 0.25) is 0 Å². The van der Waals surface area contributed by atoms with Gasteiger partial charge in [0.15, 0.2) is 0 Å². The first-order chi connectivity index (χ1) is 8.13. The molecule has 1 aromatic heterocycles. The summed E-state index contributed by atoms with van der Waals surface area (Å²) in [5.74, 6) is -0.856. The van der Waals surface area contributed by atoms with Crippen LogP contribution in [-0.2, 0) is 16.0 Å². The predicted octanol–water partition coefficient (Wildman–Crippen LogP) is 2.00. The van der Waals surface area contributed by atoms with E-state index in [1.54, 1.807) is 16.2 Å². The number of carboxylic acid groups (broad SMARTS) is 1. The molecule has 17 heavy (non-hydrogen) atoms. The predicted molar refractivity (Wildman–Crippen MR) is 67.1 cm³/mol. The Labute approximate surface area is 105 Å². The molecule has 94 valence electrons. The van der Waals surface area contributed by atoms with Crippen LogP contribution >= 0.6 is 11.3 Å². The van der Waals surface area contributed by atoms with Gasteiger partial charge in [-0.1, -0.05) is 13.0 Å². The lowest BCUT2D eigenvalue weighted by Crippen LogP contribution is -2.34. The van der Waals surface area contributed by atoms with Gasteiger partial charge in [0.2, 0.25) is 5.91 Å². The second-order valence-corrected chi connectivity index (χ2v) is 4.81. The largest absolute Gasteiger partial charge is 0.481 e. The lowest BCUT2D eigenvalue weighted by Gasteiger charge is -2.21. The number of amides is 1. The minimum Gasteiger partial charge on any atom is -0.481 e. The molecule has 0 aliphatic rings. The normalized spacial score (nSPS) is 10.2. The van der Waals surface area contributed by atoms with Gasteiger partial charge in [-0.25, -0.2) is 0 Å². The van der Waals surface area contributed by atoms with E-state index in [2.05, 4.69) is 0 Å². The molecule has 0 spiro atoms. The number of carbonyl (C=O) groups is 2. The number of carboxylic acids is 1. The molecule has 1 amide bonds. The van der Waals surface area contributed by atoms with Crippen LogP contribution in [0.5, 0.6) is 0 Å². The zero-order valence-corrected chi connectivity index (χ0v) is 10.7. The summed E-state index contributed by atoms with van der Waals surface area (Å²) in [4.78, 5) is 25.1. The lowest BCUT2D eigenvalue weighted by atomic mass is 10.2. The number of hydrogen-bond donors (Lipinski definition) is 1. The summed E-state index contributed by atoms with van der Waals surface area (Å²) in [6.45, 7) is 2.90. The Kier molecular flexibility index (Phi) is 5.69. The number of thiophene rings is 1. The molecular weight excluding hydrogens is 238 g/mol. The van der Waals surface area contributed by atoms with E-state index in [0.717, 1.165) is 11.3 Å². The van der Waals surface area contributed by atoms with Gasteiger partial charge in [-0.2, -0.15) is 0 Å². The van der Waals surface area contributed by atoms with Gasteiger partial charge in [0, 0.05) is 18.0 Å². The van der Waals surface area contributed by atoms with E-state index in [9.17, 15) is 9.59 Å². The van der Waals surface area contributed by atoms with Crippen molar-refractivity contribution in [3.05, 3.63) is 22.4 Å². The highest BCUT2D eigenvalue weighted by Crippen LogP contribution is 2.11. The van der Waals surface area contributed by atoms with Gasteiger partial charge in [-0.05, 0) is 17.9 Å². The van der Waals surface area contributed by atoms with Crippen LogP contribution in [0.3, 0.4) is 0 Å². The fourth-order valence-corrected chi connectivity index (χ4v) is 2.23. The Hall–Kier alpha value is -1.36. The Bertz CT molecular complexity index is 362. The minimum absolute atomic E-state index is 0.00977. The first kappa shape index (κ1) is 13.7. The van der Waals surface area contributed by atoms with Crippen molar-refractivity contribution in [1.29, 1.82) is 0 Å². The molecule has 1 N–H and O–H groups in total. The average molecular weight is 255 g/mol. The summed E-state index contributed by atoms with van der Waals surface area (Å²) >= 11 is 1.55. The van der Waals surface area contributed by atoms with Crippen molar-refractivity contribution in [2.45, 2.75) is 26.2 Å². The first-order valence-electron chi connectivity index (χ1n) is 5.65. The molecule has 0 bridgehead atoms. The highest BCUT2D eigenvalue weighted by Gasteiger charge is 2.14. The van der Waals surface area contributed by atoms with Crippen molar-refractivity contribution < 1.29 is 14.7 Å². The van der Waals surface area contributed by atoms with Gasteiger partial charge in [0.1, 0.15) is 0 Å². The van der Waals surface area contributed by atoms with Crippen molar-refractivity contribution in [3.8, 4) is 0 Å². The smallest absolute Gasteiger partial charge is 0.305 e. The first-order valence-corrected chi connectivity index (χ1v) is 6.53. The number of hydrogen-bond acceptors (Lipinski definition) is 3. The second-order valence-electron chi connectivity index (χ2n) is 3.78. The second kappa shape index (κ2) is 7.06. The lowest BCUT2D eigenvalue weighted by molar-refractivity contribution is -0.138. The topological polar surface area (TPSA) is 57.6 Å². The van der Waals surface area contributed by atoms with Crippen molar-refractivity contribution >= 4 is 23.2 Å². The Morgan fingerprint density at radius 1 is 1.41 bits per heavy atom. The van der Waals surface area contributed by atoms with E-state index in [1.165, 1.54) is 0 Å². The Balaban J connectivity index is 2.50. The van der Waals surface area contributed by atoms with Crippen molar-refractivity contribution in [1.82, 2.24) is 4.90 Å². The molecule has 0 aromatic carbocycles. The Morgan fingerprint density at radius 2 is 2.18 bits per heavy atom. The summed E-state index contributed by atoms with van der Waals surface area (Å²) < 4.78 is 0. The van der Waals surface area contributed by atoms with Crippen molar-refractivity contribution in [2.24, 2.45) is 0 Å². The summed E-state index contributed by atoms with van der Waals surface area (Å²) in [6.07, 6.45) is 1.23. The van der Waals surface area contributed by atoms with Crippen LogP contribution < -0.4 is 0 Å². The molecule has 1 aromatic rings. The zero-order chi connectivity index (χ0) is 12.7.